The van der Waals surface area contributed by atoms with Crippen molar-refractivity contribution in [1.82, 2.24) is 5.32 Å². The second-order valence-corrected chi connectivity index (χ2v) is 4.18. The van der Waals surface area contributed by atoms with Gasteiger partial charge in [-0.2, -0.15) is 0 Å². The van der Waals surface area contributed by atoms with E-state index in [9.17, 15) is 4.79 Å². The van der Waals surface area contributed by atoms with Crippen LogP contribution < -0.4 is 5.32 Å². The highest BCUT2D eigenvalue weighted by Gasteiger charge is 2.10. The predicted octanol–water partition coefficient (Wildman–Crippen LogP) is 1.95. The van der Waals surface area contributed by atoms with Gasteiger partial charge >= 0.3 is 0 Å². The van der Waals surface area contributed by atoms with E-state index in [2.05, 4.69) is 21.2 Å². The number of rotatable bonds is 4. The minimum Gasteiger partial charge on any atom is -0.394 e. The van der Waals surface area contributed by atoms with Crippen LogP contribution in [0.3, 0.4) is 0 Å². The molecule has 0 heterocycles. The first-order chi connectivity index (χ1) is 7.17. The Morgan fingerprint density at radius 2 is 2.07 bits per heavy atom. The van der Waals surface area contributed by atoms with Gasteiger partial charge in [-0.3, -0.25) is 4.79 Å². The molecule has 1 atom stereocenters. The van der Waals surface area contributed by atoms with Gasteiger partial charge in [0.2, 0.25) is 0 Å². The fourth-order valence-corrected chi connectivity index (χ4v) is 1.41. The fourth-order valence-electron chi connectivity index (χ4n) is 1.15. The summed E-state index contributed by atoms with van der Waals surface area (Å²) in [5, 5.41) is 11.7. The molecule has 0 aliphatic rings. The van der Waals surface area contributed by atoms with Crippen LogP contribution in [0.25, 0.3) is 0 Å². The first kappa shape index (κ1) is 12.2. The van der Waals surface area contributed by atoms with E-state index in [1.54, 1.807) is 12.1 Å². The van der Waals surface area contributed by atoms with E-state index >= 15 is 0 Å². The zero-order chi connectivity index (χ0) is 11.3. The van der Waals surface area contributed by atoms with Crippen molar-refractivity contribution >= 4 is 21.8 Å². The summed E-state index contributed by atoms with van der Waals surface area (Å²) in [7, 11) is 0. The van der Waals surface area contributed by atoms with Gasteiger partial charge < -0.3 is 10.4 Å². The zero-order valence-electron chi connectivity index (χ0n) is 8.53. The van der Waals surface area contributed by atoms with Crippen LogP contribution in [0.5, 0.6) is 0 Å². The maximum absolute atomic E-state index is 11.6. The Hall–Kier alpha value is -0.870. The van der Waals surface area contributed by atoms with Crippen molar-refractivity contribution in [3.8, 4) is 0 Å². The quantitative estimate of drug-likeness (QED) is 0.880. The highest BCUT2D eigenvalue weighted by molar-refractivity contribution is 9.10. The van der Waals surface area contributed by atoms with Gasteiger partial charge in [0.1, 0.15) is 0 Å². The number of aliphatic hydroxyl groups is 1. The van der Waals surface area contributed by atoms with Crippen molar-refractivity contribution in [2.45, 2.75) is 19.4 Å². The molecule has 0 saturated carbocycles. The van der Waals surface area contributed by atoms with Gasteiger partial charge in [0.15, 0.2) is 0 Å². The number of benzene rings is 1. The zero-order valence-corrected chi connectivity index (χ0v) is 10.1. The Kier molecular flexibility index (Phi) is 4.78. The number of halogens is 1. The molecular formula is C11H14BrNO2. The molecule has 1 amide bonds. The number of carbonyl (C=O) groups is 1. The average molecular weight is 272 g/mol. The van der Waals surface area contributed by atoms with Gasteiger partial charge in [-0.05, 0) is 30.7 Å². The number of amides is 1. The Bertz CT molecular complexity index is 320. The number of carbonyl (C=O) groups excluding carboxylic acids is 1. The standard InChI is InChI=1S/C11H14BrNO2/c1-2-10(7-14)13-11(15)8-3-5-9(12)6-4-8/h3-6,10,14H,2,7H2,1H3,(H,13,15). The lowest BCUT2D eigenvalue weighted by Crippen LogP contribution is -2.36. The number of aliphatic hydroxyl groups excluding tert-OH is 1. The van der Waals surface area contributed by atoms with E-state index in [0.717, 1.165) is 10.9 Å². The van der Waals surface area contributed by atoms with Crippen molar-refractivity contribution in [2.75, 3.05) is 6.61 Å². The van der Waals surface area contributed by atoms with E-state index in [4.69, 9.17) is 5.11 Å². The molecule has 1 aromatic rings. The molecule has 0 radical (unpaired) electrons. The summed E-state index contributed by atoms with van der Waals surface area (Å²) in [5.41, 5.74) is 0.602. The maximum atomic E-state index is 11.6. The monoisotopic (exact) mass is 271 g/mol. The average Bonchev–Trinajstić information content (AvgIpc) is 2.26. The molecule has 1 aromatic carbocycles. The summed E-state index contributed by atoms with van der Waals surface area (Å²) < 4.78 is 0.938. The molecule has 0 fully saturated rings. The second-order valence-electron chi connectivity index (χ2n) is 3.27. The predicted molar refractivity (Wildman–Crippen MR) is 62.8 cm³/mol. The third-order valence-electron chi connectivity index (χ3n) is 2.15. The molecular weight excluding hydrogens is 258 g/mol. The van der Waals surface area contributed by atoms with Crippen LogP contribution in [0.2, 0.25) is 0 Å². The summed E-state index contributed by atoms with van der Waals surface area (Å²) in [4.78, 5) is 11.6. The first-order valence-electron chi connectivity index (χ1n) is 4.84. The second kappa shape index (κ2) is 5.88. The van der Waals surface area contributed by atoms with Crippen molar-refractivity contribution in [3.63, 3.8) is 0 Å². The van der Waals surface area contributed by atoms with Crippen LogP contribution in [0.15, 0.2) is 28.7 Å². The van der Waals surface area contributed by atoms with Crippen molar-refractivity contribution in [3.05, 3.63) is 34.3 Å². The molecule has 0 bridgehead atoms. The van der Waals surface area contributed by atoms with Crippen LogP contribution in [0.4, 0.5) is 0 Å². The van der Waals surface area contributed by atoms with E-state index in [-0.39, 0.29) is 18.6 Å². The molecule has 1 unspecified atom stereocenters. The van der Waals surface area contributed by atoms with E-state index in [1.165, 1.54) is 0 Å². The first-order valence-corrected chi connectivity index (χ1v) is 5.64. The summed E-state index contributed by atoms with van der Waals surface area (Å²) in [6, 6.07) is 6.94. The summed E-state index contributed by atoms with van der Waals surface area (Å²) in [6.07, 6.45) is 0.721. The Balaban J connectivity index is 2.64. The summed E-state index contributed by atoms with van der Waals surface area (Å²) in [6.45, 7) is 1.89. The molecule has 15 heavy (non-hydrogen) atoms. The molecule has 2 N–H and O–H groups in total. The van der Waals surface area contributed by atoms with Crippen LogP contribution >= 0.6 is 15.9 Å². The van der Waals surface area contributed by atoms with Crippen LogP contribution in [-0.2, 0) is 0 Å². The SMILES string of the molecule is CCC(CO)NC(=O)c1ccc(Br)cc1. The normalized spacial score (nSPS) is 12.2. The highest BCUT2D eigenvalue weighted by Crippen LogP contribution is 2.10. The smallest absolute Gasteiger partial charge is 0.251 e. The summed E-state index contributed by atoms with van der Waals surface area (Å²) in [5.74, 6) is -0.150. The van der Waals surface area contributed by atoms with Gasteiger partial charge in [0.25, 0.3) is 5.91 Å². The molecule has 0 aliphatic heterocycles. The lowest BCUT2D eigenvalue weighted by molar-refractivity contribution is 0.0915. The number of hydrogen-bond acceptors (Lipinski definition) is 2. The van der Waals surface area contributed by atoms with Gasteiger partial charge in [-0.15, -0.1) is 0 Å². The third kappa shape index (κ3) is 3.64. The van der Waals surface area contributed by atoms with Gasteiger partial charge in [-0.25, -0.2) is 0 Å². The Labute approximate surface area is 97.6 Å². The van der Waals surface area contributed by atoms with Crippen LogP contribution in [-0.4, -0.2) is 23.7 Å². The van der Waals surface area contributed by atoms with E-state index in [1.807, 2.05) is 19.1 Å². The lowest BCUT2D eigenvalue weighted by atomic mass is 10.2. The topological polar surface area (TPSA) is 49.3 Å². The fraction of sp³-hybridized carbons (Fsp3) is 0.364. The van der Waals surface area contributed by atoms with Crippen molar-refractivity contribution in [1.29, 1.82) is 0 Å². The van der Waals surface area contributed by atoms with Gasteiger partial charge in [0, 0.05) is 10.0 Å². The summed E-state index contributed by atoms with van der Waals surface area (Å²) >= 11 is 3.30. The molecule has 3 nitrogen and oxygen atoms in total. The Morgan fingerprint density at radius 1 is 1.47 bits per heavy atom. The molecule has 1 rings (SSSR count). The van der Waals surface area contributed by atoms with E-state index < -0.39 is 0 Å². The van der Waals surface area contributed by atoms with E-state index in [0.29, 0.717) is 5.56 Å². The largest absolute Gasteiger partial charge is 0.394 e. The molecule has 0 aromatic heterocycles. The third-order valence-corrected chi connectivity index (χ3v) is 2.68. The molecule has 0 spiro atoms. The lowest BCUT2D eigenvalue weighted by Gasteiger charge is -2.13. The molecule has 4 heteroatoms. The molecule has 82 valence electrons. The maximum Gasteiger partial charge on any atom is 0.251 e. The van der Waals surface area contributed by atoms with Gasteiger partial charge in [0.05, 0.1) is 12.6 Å². The highest BCUT2D eigenvalue weighted by atomic mass is 79.9. The van der Waals surface area contributed by atoms with Crippen LogP contribution in [0, 0.1) is 0 Å². The molecule has 0 saturated heterocycles. The molecule has 0 aliphatic carbocycles. The minimum absolute atomic E-state index is 0.0290. The minimum atomic E-state index is -0.166. The number of hydrogen-bond donors (Lipinski definition) is 2. The van der Waals surface area contributed by atoms with Gasteiger partial charge in [-0.1, -0.05) is 22.9 Å². The number of nitrogens with one attached hydrogen (secondary N) is 1. The van der Waals surface area contributed by atoms with Crippen molar-refractivity contribution < 1.29 is 9.90 Å². The van der Waals surface area contributed by atoms with Crippen molar-refractivity contribution in [2.24, 2.45) is 0 Å². The Morgan fingerprint density at radius 3 is 2.53 bits per heavy atom. The van der Waals surface area contributed by atoms with Crippen LogP contribution in [0.1, 0.15) is 23.7 Å².